The molecule has 0 aliphatic carbocycles. The Morgan fingerprint density at radius 2 is 1.77 bits per heavy atom. The van der Waals surface area contributed by atoms with Crippen LogP contribution in [0.5, 0.6) is 0 Å². The molecule has 0 aliphatic heterocycles. The molecule has 1 heteroatoms. The molecule has 0 N–H and O–H groups in total. The summed E-state index contributed by atoms with van der Waals surface area (Å²) in [6.07, 6.45) is 1.16. The highest BCUT2D eigenvalue weighted by Gasteiger charge is 2.04. The van der Waals surface area contributed by atoms with E-state index in [1.54, 1.807) is 0 Å². The number of benzene rings is 1. The second-order valence-electron chi connectivity index (χ2n) is 4.12. The van der Waals surface area contributed by atoms with Gasteiger partial charge in [-0.15, -0.1) is 0 Å². The minimum absolute atomic E-state index is 0.723. The number of hydrogen-bond donors (Lipinski definition) is 0. The zero-order valence-corrected chi connectivity index (χ0v) is 9.04. The molecule has 1 nitrogen and oxygen atoms in total. The molecule has 1 aromatic carbocycles. The lowest BCUT2D eigenvalue weighted by atomic mass is 10.0. The molecule has 1 rings (SSSR count). The molecule has 0 bridgehead atoms. The molecule has 0 radical (unpaired) electrons. The fourth-order valence-corrected chi connectivity index (χ4v) is 1.56. The van der Waals surface area contributed by atoms with Crippen LogP contribution in [0, 0.1) is 5.92 Å². The average molecular weight is 177 g/mol. The molecule has 0 fully saturated rings. The molecule has 0 heterocycles. The van der Waals surface area contributed by atoms with Crippen molar-refractivity contribution in [3.8, 4) is 0 Å². The standard InChI is InChI=1S/C12H19N/c1-10(2)9-11-7-5-6-8-12(11)13(3)4/h5-8,10H,9H2,1-4H3. The van der Waals surface area contributed by atoms with Gasteiger partial charge >= 0.3 is 0 Å². The van der Waals surface area contributed by atoms with Crippen LogP contribution in [0.4, 0.5) is 5.69 Å². The first kappa shape index (κ1) is 10.1. The highest BCUT2D eigenvalue weighted by Crippen LogP contribution is 2.20. The lowest BCUT2D eigenvalue weighted by molar-refractivity contribution is 0.647. The van der Waals surface area contributed by atoms with Crippen LogP contribution < -0.4 is 4.90 Å². The predicted octanol–water partition coefficient (Wildman–Crippen LogP) is 2.95. The molecule has 0 aromatic heterocycles. The number of nitrogens with zero attached hydrogens (tertiary/aromatic N) is 1. The van der Waals surface area contributed by atoms with Crippen molar-refractivity contribution in [2.24, 2.45) is 5.92 Å². The van der Waals surface area contributed by atoms with Crippen LogP contribution in [-0.4, -0.2) is 14.1 Å². The van der Waals surface area contributed by atoms with Gasteiger partial charge in [-0.25, -0.2) is 0 Å². The Bertz CT molecular complexity index is 264. The van der Waals surface area contributed by atoms with Crippen molar-refractivity contribution in [1.82, 2.24) is 0 Å². The minimum Gasteiger partial charge on any atom is -0.377 e. The largest absolute Gasteiger partial charge is 0.377 e. The van der Waals surface area contributed by atoms with E-state index in [2.05, 4.69) is 57.1 Å². The molecule has 13 heavy (non-hydrogen) atoms. The molecular weight excluding hydrogens is 158 g/mol. The molecular formula is C12H19N. The van der Waals surface area contributed by atoms with E-state index in [0.29, 0.717) is 0 Å². The lowest BCUT2D eigenvalue weighted by Crippen LogP contribution is -2.12. The summed E-state index contributed by atoms with van der Waals surface area (Å²) >= 11 is 0. The van der Waals surface area contributed by atoms with E-state index in [0.717, 1.165) is 12.3 Å². The maximum atomic E-state index is 2.26. The lowest BCUT2D eigenvalue weighted by Gasteiger charge is -2.18. The van der Waals surface area contributed by atoms with Crippen molar-refractivity contribution in [2.75, 3.05) is 19.0 Å². The van der Waals surface area contributed by atoms with Gasteiger partial charge in [-0.05, 0) is 24.0 Å². The summed E-state index contributed by atoms with van der Waals surface area (Å²) in [6.45, 7) is 4.51. The van der Waals surface area contributed by atoms with Gasteiger partial charge in [0.05, 0.1) is 0 Å². The third kappa shape index (κ3) is 2.76. The normalized spacial score (nSPS) is 10.5. The summed E-state index contributed by atoms with van der Waals surface area (Å²) in [5, 5.41) is 0. The molecule has 0 amide bonds. The molecule has 0 atom stereocenters. The Balaban J connectivity index is 2.91. The van der Waals surface area contributed by atoms with Crippen molar-refractivity contribution in [3.05, 3.63) is 29.8 Å². The number of rotatable bonds is 3. The molecule has 0 saturated heterocycles. The summed E-state index contributed by atoms with van der Waals surface area (Å²) < 4.78 is 0. The number of hydrogen-bond acceptors (Lipinski definition) is 1. The van der Waals surface area contributed by atoms with Gasteiger partial charge < -0.3 is 4.90 Å². The summed E-state index contributed by atoms with van der Waals surface area (Å²) in [6, 6.07) is 8.61. The number of anilines is 1. The predicted molar refractivity (Wildman–Crippen MR) is 59.3 cm³/mol. The van der Waals surface area contributed by atoms with Crippen molar-refractivity contribution < 1.29 is 0 Å². The average Bonchev–Trinajstić information content (AvgIpc) is 2.03. The highest BCUT2D eigenvalue weighted by atomic mass is 15.1. The van der Waals surface area contributed by atoms with Crippen molar-refractivity contribution >= 4 is 5.69 Å². The Morgan fingerprint density at radius 1 is 1.15 bits per heavy atom. The van der Waals surface area contributed by atoms with Crippen LogP contribution >= 0.6 is 0 Å². The van der Waals surface area contributed by atoms with Gasteiger partial charge in [0, 0.05) is 19.8 Å². The van der Waals surface area contributed by atoms with E-state index in [-0.39, 0.29) is 0 Å². The smallest absolute Gasteiger partial charge is 0.0393 e. The Labute approximate surface area is 81.4 Å². The summed E-state index contributed by atoms with van der Waals surface area (Å²) in [7, 11) is 4.19. The zero-order valence-electron chi connectivity index (χ0n) is 9.04. The van der Waals surface area contributed by atoms with Crippen molar-refractivity contribution in [2.45, 2.75) is 20.3 Å². The van der Waals surface area contributed by atoms with Crippen LogP contribution in [-0.2, 0) is 6.42 Å². The summed E-state index contributed by atoms with van der Waals surface area (Å²) in [5.74, 6) is 0.723. The third-order valence-electron chi connectivity index (χ3n) is 2.10. The monoisotopic (exact) mass is 177 g/mol. The zero-order chi connectivity index (χ0) is 9.84. The molecule has 0 unspecified atom stereocenters. The van der Waals surface area contributed by atoms with Gasteiger partial charge in [-0.2, -0.15) is 0 Å². The van der Waals surface area contributed by atoms with E-state index in [1.807, 2.05) is 0 Å². The van der Waals surface area contributed by atoms with Gasteiger partial charge in [0.2, 0.25) is 0 Å². The van der Waals surface area contributed by atoms with Crippen LogP contribution in [0.2, 0.25) is 0 Å². The topological polar surface area (TPSA) is 3.24 Å². The van der Waals surface area contributed by atoms with Gasteiger partial charge in [-0.3, -0.25) is 0 Å². The second kappa shape index (κ2) is 4.31. The highest BCUT2D eigenvalue weighted by molar-refractivity contribution is 5.52. The minimum atomic E-state index is 0.723. The van der Waals surface area contributed by atoms with E-state index in [4.69, 9.17) is 0 Å². The fraction of sp³-hybridized carbons (Fsp3) is 0.500. The molecule has 0 spiro atoms. The van der Waals surface area contributed by atoms with Gasteiger partial charge in [0.1, 0.15) is 0 Å². The van der Waals surface area contributed by atoms with Crippen LogP contribution in [0.25, 0.3) is 0 Å². The maximum absolute atomic E-state index is 2.26. The molecule has 1 aromatic rings. The summed E-state index contributed by atoms with van der Waals surface area (Å²) in [5.41, 5.74) is 2.79. The van der Waals surface area contributed by atoms with E-state index < -0.39 is 0 Å². The van der Waals surface area contributed by atoms with E-state index in [9.17, 15) is 0 Å². The van der Waals surface area contributed by atoms with Gasteiger partial charge in [0.25, 0.3) is 0 Å². The van der Waals surface area contributed by atoms with Crippen molar-refractivity contribution in [1.29, 1.82) is 0 Å². The van der Waals surface area contributed by atoms with Crippen LogP contribution in [0.3, 0.4) is 0 Å². The Kier molecular flexibility index (Phi) is 3.35. The van der Waals surface area contributed by atoms with Gasteiger partial charge in [-0.1, -0.05) is 32.0 Å². The fourth-order valence-electron chi connectivity index (χ4n) is 1.56. The molecule has 0 saturated carbocycles. The Morgan fingerprint density at radius 3 is 2.31 bits per heavy atom. The quantitative estimate of drug-likeness (QED) is 0.686. The van der Waals surface area contributed by atoms with Crippen LogP contribution in [0.1, 0.15) is 19.4 Å². The van der Waals surface area contributed by atoms with Crippen LogP contribution in [0.15, 0.2) is 24.3 Å². The van der Waals surface area contributed by atoms with E-state index in [1.165, 1.54) is 11.3 Å². The first-order valence-corrected chi connectivity index (χ1v) is 4.86. The number of para-hydroxylation sites is 1. The molecule has 0 aliphatic rings. The first-order chi connectivity index (χ1) is 6.11. The van der Waals surface area contributed by atoms with Gasteiger partial charge in [0.15, 0.2) is 0 Å². The van der Waals surface area contributed by atoms with E-state index >= 15 is 0 Å². The molecule has 72 valence electrons. The summed E-state index contributed by atoms with van der Waals surface area (Å²) in [4.78, 5) is 2.18. The maximum Gasteiger partial charge on any atom is 0.0393 e. The first-order valence-electron chi connectivity index (χ1n) is 4.86. The second-order valence-corrected chi connectivity index (χ2v) is 4.12. The third-order valence-corrected chi connectivity index (χ3v) is 2.10. The SMILES string of the molecule is CC(C)Cc1ccccc1N(C)C. The van der Waals surface area contributed by atoms with Crippen molar-refractivity contribution in [3.63, 3.8) is 0 Å². The Hall–Kier alpha value is -0.980.